The minimum absolute atomic E-state index is 0.389. The first-order chi connectivity index (χ1) is 10.0. The Labute approximate surface area is 137 Å². The number of hydrogen-bond donors (Lipinski definition) is 0. The van der Waals surface area contributed by atoms with Crippen LogP contribution in [0, 0.1) is 26.2 Å². The van der Waals surface area contributed by atoms with Crippen LogP contribution in [0.25, 0.3) is 0 Å². The number of ether oxygens (including phenoxy) is 1. The fourth-order valence-electron chi connectivity index (χ4n) is 4.16. The summed E-state index contributed by atoms with van der Waals surface area (Å²) in [6.07, 6.45) is 9.76. The zero-order chi connectivity index (χ0) is 15.0. The van der Waals surface area contributed by atoms with Gasteiger partial charge in [-0.2, -0.15) is 0 Å². The Morgan fingerprint density at radius 1 is 1.05 bits per heavy atom. The first-order valence-electron chi connectivity index (χ1n) is 8.41. The number of alkyl halides is 1. The zero-order valence-corrected chi connectivity index (χ0v) is 15.1. The molecule has 0 N–H and O–H groups in total. The number of rotatable bonds is 2. The SMILES string of the molecule is Cc1cc(C)c(C)c(OC2CC(Br)C23CCCCCC3)c1. The molecule has 2 aliphatic rings. The normalized spacial score (nSPS) is 28.0. The fraction of sp³-hybridized carbons (Fsp3) is 0.684. The summed E-state index contributed by atoms with van der Waals surface area (Å²) < 4.78 is 6.53. The summed E-state index contributed by atoms with van der Waals surface area (Å²) in [5, 5.41) is 0. The minimum atomic E-state index is 0.389. The van der Waals surface area contributed by atoms with Crippen molar-refractivity contribution in [2.75, 3.05) is 0 Å². The van der Waals surface area contributed by atoms with Crippen molar-refractivity contribution in [3.8, 4) is 5.75 Å². The lowest BCUT2D eigenvalue weighted by Gasteiger charge is -2.53. The fourth-order valence-corrected chi connectivity index (χ4v) is 5.25. The molecule has 2 unspecified atom stereocenters. The molecule has 0 aromatic heterocycles. The van der Waals surface area contributed by atoms with E-state index in [0.29, 0.717) is 16.3 Å². The highest BCUT2D eigenvalue weighted by atomic mass is 79.9. The molecule has 0 saturated heterocycles. The van der Waals surface area contributed by atoms with Gasteiger partial charge in [-0.05, 0) is 62.8 Å². The molecule has 0 radical (unpaired) electrons. The van der Waals surface area contributed by atoms with Gasteiger partial charge in [0, 0.05) is 10.2 Å². The molecule has 0 amide bonds. The molecule has 2 heteroatoms. The van der Waals surface area contributed by atoms with Crippen LogP contribution in [0.3, 0.4) is 0 Å². The third-order valence-corrected chi connectivity index (χ3v) is 7.04. The monoisotopic (exact) mass is 350 g/mol. The van der Waals surface area contributed by atoms with Crippen LogP contribution in [-0.4, -0.2) is 10.9 Å². The van der Waals surface area contributed by atoms with Gasteiger partial charge in [0.25, 0.3) is 0 Å². The number of halogens is 1. The second-order valence-electron chi connectivity index (χ2n) is 7.16. The third kappa shape index (κ3) is 2.76. The molecule has 2 aliphatic carbocycles. The van der Waals surface area contributed by atoms with Crippen LogP contribution in [0.5, 0.6) is 5.75 Å². The quantitative estimate of drug-likeness (QED) is 0.606. The van der Waals surface area contributed by atoms with E-state index in [1.165, 1.54) is 55.2 Å². The van der Waals surface area contributed by atoms with Crippen molar-refractivity contribution in [3.63, 3.8) is 0 Å². The van der Waals surface area contributed by atoms with Crippen LogP contribution in [0.1, 0.15) is 61.6 Å². The Balaban J connectivity index is 1.82. The van der Waals surface area contributed by atoms with Gasteiger partial charge in [-0.3, -0.25) is 0 Å². The lowest BCUT2D eigenvalue weighted by atomic mass is 9.61. The largest absolute Gasteiger partial charge is 0.489 e. The van der Waals surface area contributed by atoms with Gasteiger partial charge in [0.2, 0.25) is 0 Å². The van der Waals surface area contributed by atoms with Crippen LogP contribution in [0.4, 0.5) is 0 Å². The maximum absolute atomic E-state index is 6.53. The Bertz CT molecular complexity index is 515. The Morgan fingerprint density at radius 3 is 2.33 bits per heavy atom. The lowest BCUT2D eigenvalue weighted by molar-refractivity contribution is -0.0465. The van der Waals surface area contributed by atoms with Crippen molar-refractivity contribution in [2.24, 2.45) is 5.41 Å². The molecule has 2 fully saturated rings. The zero-order valence-electron chi connectivity index (χ0n) is 13.5. The molecule has 1 spiro atoms. The van der Waals surface area contributed by atoms with Crippen LogP contribution < -0.4 is 4.74 Å². The van der Waals surface area contributed by atoms with E-state index in [-0.39, 0.29) is 0 Å². The first-order valence-corrected chi connectivity index (χ1v) is 9.33. The van der Waals surface area contributed by atoms with Crippen LogP contribution in [0.2, 0.25) is 0 Å². The van der Waals surface area contributed by atoms with Gasteiger partial charge in [-0.15, -0.1) is 0 Å². The summed E-state index contributed by atoms with van der Waals surface area (Å²) in [6.45, 7) is 6.54. The van der Waals surface area contributed by atoms with Gasteiger partial charge in [0.15, 0.2) is 0 Å². The lowest BCUT2D eigenvalue weighted by Crippen LogP contribution is -2.56. The second kappa shape index (κ2) is 5.95. The minimum Gasteiger partial charge on any atom is -0.489 e. The van der Waals surface area contributed by atoms with Gasteiger partial charge < -0.3 is 4.74 Å². The highest BCUT2D eigenvalue weighted by molar-refractivity contribution is 9.09. The van der Waals surface area contributed by atoms with Crippen molar-refractivity contribution in [2.45, 2.75) is 76.6 Å². The Kier molecular flexibility index (Phi) is 4.36. The van der Waals surface area contributed by atoms with E-state index in [9.17, 15) is 0 Å². The van der Waals surface area contributed by atoms with Crippen LogP contribution in [0.15, 0.2) is 12.1 Å². The highest BCUT2D eigenvalue weighted by Gasteiger charge is 2.55. The predicted octanol–water partition coefficient (Wildman–Crippen LogP) is 5.87. The molecule has 1 aromatic carbocycles. The smallest absolute Gasteiger partial charge is 0.123 e. The summed E-state index contributed by atoms with van der Waals surface area (Å²) in [5.74, 6) is 1.11. The van der Waals surface area contributed by atoms with Crippen molar-refractivity contribution in [1.82, 2.24) is 0 Å². The van der Waals surface area contributed by atoms with Gasteiger partial charge in [-0.25, -0.2) is 0 Å². The van der Waals surface area contributed by atoms with Gasteiger partial charge >= 0.3 is 0 Å². The van der Waals surface area contributed by atoms with E-state index in [1.54, 1.807) is 0 Å². The first kappa shape index (κ1) is 15.4. The van der Waals surface area contributed by atoms with E-state index in [0.717, 1.165) is 12.2 Å². The molecule has 1 nitrogen and oxygen atoms in total. The van der Waals surface area contributed by atoms with Crippen molar-refractivity contribution in [1.29, 1.82) is 0 Å². The predicted molar refractivity (Wildman–Crippen MR) is 92.5 cm³/mol. The molecular formula is C19H27BrO. The van der Waals surface area contributed by atoms with Crippen molar-refractivity contribution >= 4 is 15.9 Å². The van der Waals surface area contributed by atoms with Crippen molar-refractivity contribution in [3.05, 3.63) is 28.8 Å². The number of benzene rings is 1. The number of aryl methyl sites for hydroxylation is 2. The average molecular weight is 351 g/mol. The molecule has 21 heavy (non-hydrogen) atoms. The van der Waals surface area contributed by atoms with Crippen molar-refractivity contribution < 1.29 is 4.74 Å². The maximum Gasteiger partial charge on any atom is 0.123 e. The summed E-state index contributed by atoms with van der Waals surface area (Å²) in [5.41, 5.74) is 4.34. The van der Waals surface area contributed by atoms with E-state index in [2.05, 4.69) is 48.8 Å². The summed E-state index contributed by atoms with van der Waals surface area (Å²) in [4.78, 5) is 0.652. The molecule has 0 aliphatic heterocycles. The molecule has 2 atom stereocenters. The summed E-state index contributed by atoms with van der Waals surface area (Å²) in [6, 6.07) is 4.46. The molecule has 0 heterocycles. The maximum atomic E-state index is 6.53. The van der Waals surface area contributed by atoms with E-state index in [1.807, 2.05) is 0 Å². The average Bonchev–Trinajstić information content (AvgIpc) is 2.71. The molecule has 2 saturated carbocycles. The van der Waals surface area contributed by atoms with Gasteiger partial charge in [-0.1, -0.05) is 47.7 Å². The molecule has 3 rings (SSSR count). The standard InChI is InChI=1S/C19H27BrO/c1-13-10-14(2)15(3)16(11-13)21-18-12-17(20)19(18)8-6-4-5-7-9-19/h10-11,17-18H,4-9,12H2,1-3H3. The summed E-state index contributed by atoms with van der Waals surface area (Å²) >= 11 is 3.93. The van der Waals surface area contributed by atoms with E-state index in [4.69, 9.17) is 4.74 Å². The van der Waals surface area contributed by atoms with E-state index < -0.39 is 0 Å². The topological polar surface area (TPSA) is 9.23 Å². The Hall–Kier alpha value is -0.500. The third-order valence-electron chi connectivity index (χ3n) is 5.75. The van der Waals surface area contributed by atoms with Crippen LogP contribution in [-0.2, 0) is 0 Å². The Morgan fingerprint density at radius 2 is 1.71 bits per heavy atom. The second-order valence-corrected chi connectivity index (χ2v) is 8.27. The van der Waals surface area contributed by atoms with Gasteiger partial charge in [0.05, 0.1) is 0 Å². The molecular weight excluding hydrogens is 324 g/mol. The summed E-state index contributed by atoms with van der Waals surface area (Å²) in [7, 11) is 0. The van der Waals surface area contributed by atoms with E-state index >= 15 is 0 Å². The highest BCUT2D eigenvalue weighted by Crippen LogP contribution is 2.55. The molecule has 1 aromatic rings. The van der Waals surface area contributed by atoms with Gasteiger partial charge in [0.1, 0.15) is 11.9 Å². The number of hydrogen-bond acceptors (Lipinski definition) is 1. The molecule has 0 bridgehead atoms. The van der Waals surface area contributed by atoms with Crippen LogP contribution >= 0.6 is 15.9 Å². The molecule has 116 valence electrons.